The van der Waals surface area contributed by atoms with Crippen molar-refractivity contribution in [3.05, 3.63) is 42.0 Å². The summed E-state index contributed by atoms with van der Waals surface area (Å²) in [4.78, 5) is 12.3. The van der Waals surface area contributed by atoms with Gasteiger partial charge in [-0.2, -0.15) is 0 Å². The Labute approximate surface area is 125 Å². The molecule has 2 aromatic rings. The van der Waals surface area contributed by atoms with Crippen LogP contribution in [0.5, 0.6) is 5.75 Å². The van der Waals surface area contributed by atoms with Gasteiger partial charge in [0.1, 0.15) is 5.75 Å². The average Bonchev–Trinajstić information content (AvgIpc) is 2.89. The van der Waals surface area contributed by atoms with Crippen molar-refractivity contribution in [2.24, 2.45) is 11.8 Å². The number of amides is 1. The lowest BCUT2D eigenvalue weighted by molar-refractivity contribution is 0.0942. The molecule has 0 aliphatic heterocycles. The van der Waals surface area contributed by atoms with E-state index in [9.17, 15) is 9.90 Å². The van der Waals surface area contributed by atoms with Crippen LogP contribution in [0.3, 0.4) is 0 Å². The molecule has 0 radical (unpaired) electrons. The minimum Gasteiger partial charge on any atom is -0.507 e. The molecule has 0 bridgehead atoms. The fourth-order valence-electron chi connectivity index (χ4n) is 3.25. The summed E-state index contributed by atoms with van der Waals surface area (Å²) in [5.41, 5.74) is 0.361. The van der Waals surface area contributed by atoms with Gasteiger partial charge < -0.3 is 10.4 Å². The van der Waals surface area contributed by atoms with Crippen molar-refractivity contribution in [1.29, 1.82) is 0 Å². The first-order chi connectivity index (χ1) is 10.1. The Balaban J connectivity index is 1.76. The number of phenols is 1. The third-order valence-corrected chi connectivity index (χ3v) is 4.67. The summed E-state index contributed by atoms with van der Waals surface area (Å²) in [6.45, 7) is 2.95. The van der Waals surface area contributed by atoms with Crippen molar-refractivity contribution in [2.75, 3.05) is 6.54 Å². The molecule has 3 rings (SSSR count). The summed E-state index contributed by atoms with van der Waals surface area (Å²) in [7, 11) is 0. The van der Waals surface area contributed by atoms with Crippen LogP contribution in [0.2, 0.25) is 0 Å². The third kappa shape index (κ3) is 2.87. The summed E-state index contributed by atoms with van der Waals surface area (Å²) in [6, 6.07) is 11.1. The number of aromatic hydroxyl groups is 1. The molecule has 110 valence electrons. The van der Waals surface area contributed by atoms with Gasteiger partial charge in [-0.1, -0.05) is 44.0 Å². The lowest BCUT2D eigenvalue weighted by Crippen LogP contribution is -2.30. The predicted octanol–water partition coefficient (Wildman–Crippen LogP) is 3.71. The quantitative estimate of drug-likeness (QED) is 0.902. The maximum atomic E-state index is 12.3. The van der Waals surface area contributed by atoms with Crippen LogP contribution >= 0.6 is 0 Å². The highest BCUT2D eigenvalue weighted by Gasteiger charge is 2.24. The van der Waals surface area contributed by atoms with Crippen LogP contribution in [0.25, 0.3) is 10.8 Å². The third-order valence-electron chi connectivity index (χ3n) is 4.67. The van der Waals surface area contributed by atoms with Crippen LogP contribution < -0.4 is 5.32 Å². The summed E-state index contributed by atoms with van der Waals surface area (Å²) in [6.07, 6.45) is 3.69. The molecule has 0 saturated heterocycles. The first-order valence-corrected chi connectivity index (χ1v) is 7.65. The molecular weight excluding hydrogens is 262 g/mol. The summed E-state index contributed by atoms with van der Waals surface area (Å²) < 4.78 is 0. The van der Waals surface area contributed by atoms with E-state index in [0.717, 1.165) is 10.8 Å². The molecule has 1 aliphatic carbocycles. The standard InChI is InChI=1S/C18H21NO2/c1-12-5-4-8-15(12)11-19-18(21)16-9-13-6-2-3-7-14(13)10-17(16)20/h2-3,6-7,9-10,12,15,20H,4-5,8,11H2,1H3,(H,19,21). The van der Waals surface area contributed by atoms with E-state index in [1.165, 1.54) is 19.3 Å². The first-order valence-electron chi connectivity index (χ1n) is 7.65. The van der Waals surface area contributed by atoms with E-state index >= 15 is 0 Å². The van der Waals surface area contributed by atoms with Crippen LogP contribution in [-0.4, -0.2) is 17.6 Å². The Bertz CT molecular complexity index is 665. The van der Waals surface area contributed by atoms with Crippen LogP contribution in [0.4, 0.5) is 0 Å². The van der Waals surface area contributed by atoms with Gasteiger partial charge in [-0.15, -0.1) is 0 Å². The number of fused-ring (bicyclic) bond motifs is 1. The average molecular weight is 283 g/mol. The van der Waals surface area contributed by atoms with Crippen molar-refractivity contribution in [1.82, 2.24) is 5.32 Å². The maximum absolute atomic E-state index is 12.3. The number of rotatable bonds is 3. The Morgan fingerprint density at radius 1 is 1.24 bits per heavy atom. The molecule has 2 N–H and O–H groups in total. The topological polar surface area (TPSA) is 49.3 Å². The number of phenolic OH excluding ortho intramolecular Hbond substituents is 1. The molecule has 1 saturated carbocycles. The van der Waals surface area contributed by atoms with Gasteiger partial charge in [0, 0.05) is 6.54 Å². The molecule has 2 aromatic carbocycles. The minimum atomic E-state index is -0.183. The number of benzene rings is 2. The number of hydrogen-bond acceptors (Lipinski definition) is 2. The second-order valence-corrected chi connectivity index (χ2v) is 6.09. The molecule has 1 fully saturated rings. The molecule has 3 nitrogen and oxygen atoms in total. The van der Waals surface area contributed by atoms with Gasteiger partial charge in [0.15, 0.2) is 0 Å². The summed E-state index contributed by atoms with van der Waals surface area (Å²) in [5, 5.41) is 14.9. The zero-order valence-electron chi connectivity index (χ0n) is 12.3. The first kappa shape index (κ1) is 13.9. The SMILES string of the molecule is CC1CCCC1CNC(=O)c1cc2ccccc2cc1O. The molecule has 2 atom stereocenters. The number of carbonyl (C=O) groups excluding carboxylic acids is 1. The number of carbonyl (C=O) groups is 1. The molecule has 0 spiro atoms. The Kier molecular flexibility index (Phi) is 3.82. The Hall–Kier alpha value is -2.03. The minimum absolute atomic E-state index is 0.0469. The van der Waals surface area contributed by atoms with Gasteiger partial charge in [-0.05, 0) is 41.2 Å². The van der Waals surface area contributed by atoms with Gasteiger partial charge in [0.2, 0.25) is 0 Å². The molecule has 0 aromatic heterocycles. The van der Waals surface area contributed by atoms with Gasteiger partial charge in [0.05, 0.1) is 5.56 Å². The van der Waals surface area contributed by atoms with E-state index in [1.807, 2.05) is 24.3 Å². The molecule has 1 amide bonds. The van der Waals surface area contributed by atoms with E-state index < -0.39 is 0 Å². The van der Waals surface area contributed by atoms with E-state index in [2.05, 4.69) is 12.2 Å². The number of hydrogen-bond donors (Lipinski definition) is 2. The van der Waals surface area contributed by atoms with E-state index in [0.29, 0.717) is 23.9 Å². The highest BCUT2D eigenvalue weighted by molar-refractivity contribution is 6.01. The van der Waals surface area contributed by atoms with Gasteiger partial charge in [0.25, 0.3) is 5.91 Å². The Morgan fingerprint density at radius 2 is 1.95 bits per heavy atom. The smallest absolute Gasteiger partial charge is 0.255 e. The van der Waals surface area contributed by atoms with Crippen molar-refractivity contribution >= 4 is 16.7 Å². The second kappa shape index (κ2) is 5.76. The van der Waals surface area contributed by atoms with E-state index in [1.54, 1.807) is 12.1 Å². The fraction of sp³-hybridized carbons (Fsp3) is 0.389. The number of nitrogens with one attached hydrogen (secondary N) is 1. The van der Waals surface area contributed by atoms with Gasteiger partial charge in [-0.3, -0.25) is 4.79 Å². The zero-order valence-corrected chi connectivity index (χ0v) is 12.3. The van der Waals surface area contributed by atoms with Crippen molar-refractivity contribution < 1.29 is 9.90 Å². The van der Waals surface area contributed by atoms with Crippen molar-refractivity contribution in [2.45, 2.75) is 26.2 Å². The van der Waals surface area contributed by atoms with Crippen LogP contribution in [0, 0.1) is 11.8 Å². The molecule has 2 unspecified atom stereocenters. The Morgan fingerprint density at radius 3 is 2.62 bits per heavy atom. The molecule has 0 heterocycles. The second-order valence-electron chi connectivity index (χ2n) is 6.09. The van der Waals surface area contributed by atoms with E-state index in [-0.39, 0.29) is 11.7 Å². The largest absolute Gasteiger partial charge is 0.507 e. The molecular formula is C18H21NO2. The lowest BCUT2D eigenvalue weighted by atomic mass is 9.98. The maximum Gasteiger partial charge on any atom is 0.255 e. The summed E-state index contributed by atoms with van der Waals surface area (Å²) in [5.74, 6) is 1.11. The highest BCUT2D eigenvalue weighted by Crippen LogP contribution is 2.31. The van der Waals surface area contributed by atoms with E-state index in [4.69, 9.17) is 0 Å². The van der Waals surface area contributed by atoms with Crippen LogP contribution in [-0.2, 0) is 0 Å². The van der Waals surface area contributed by atoms with Crippen molar-refractivity contribution in [3.63, 3.8) is 0 Å². The fourth-order valence-corrected chi connectivity index (χ4v) is 3.25. The zero-order chi connectivity index (χ0) is 14.8. The molecule has 3 heteroatoms. The highest BCUT2D eigenvalue weighted by atomic mass is 16.3. The van der Waals surface area contributed by atoms with Crippen LogP contribution in [0.1, 0.15) is 36.5 Å². The summed E-state index contributed by atoms with van der Waals surface area (Å²) >= 11 is 0. The lowest BCUT2D eigenvalue weighted by Gasteiger charge is -2.16. The van der Waals surface area contributed by atoms with Gasteiger partial charge in [-0.25, -0.2) is 0 Å². The normalized spacial score (nSPS) is 21.6. The molecule has 1 aliphatic rings. The predicted molar refractivity (Wildman–Crippen MR) is 84.5 cm³/mol. The monoisotopic (exact) mass is 283 g/mol. The van der Waals surface area contributed by atoms with Crippen LogP contribution in [0.15, 0.2) is 36.4 Å². The van der Waals surface area contributed by atoms with Gasteiger partial charge >= 0.3 is 0 Å². The molecule has 21 heavy (non-hydrogen) atoms. The van der Waals surface area contributed by atoms with Crippen molar-refractivity contribution in [3.8, 4) is 5.75 Å².